The molecule has 1 aliphatic heterocycles. The molecule has 0 radical (unpaired) electrons. The van der Waals surface area contributed by atoms with Gasteiger partial charge in [0.05, 0.1) is 29.6 Å². The Morgan fingerprint density at radius 1 is 1.06 bits per heavy atom. The molecule has 168 valence electrons. The lowest BCUT2D eigenvalue weighted by molar-refractivity contribution is -0.122. The fraction of sp³-hybridized carbons (Fsp3) is 0.261. The first kappa shape index (κ1) is 23.6. The van der Waals surface area contributed by atoms with E-state index in [-0.39, 0.29) is 5.57 Å². The zero-order valence-corrected chi connectivity index (χ0v) is 20.1. The van der Waals surface area contributed by atoms with Gasteiger partial charge in [-0.25, -0.2) is 9.69 Å². The summed E-state index contributed by atoms with van der Waals surface area (Å²) in [6, 6.07) is 9.16. The van der Waals surface area contributed by atoms with E-state index >= 15 is 0 Å². The van der Waals surface area contributed by atoms with E-state index in [1.54, 1.807) is 36.4 Å². The topological polar surface area (TPSA) is 94.2 Å². The number of benzene rings is 2. The molecular weight excluding hydrogens is 527 g/mol. The second-order valence-corrected chi connectivity index (χ2v) is 7.93. The molecule has 0 bridgehead atoms. The number of methoxy groups -OCH3 is 1. The van der Waals surface area contributed by atoms with Crippen LogP contribution in [0.4, 0.5) is 10.5 Å². The lowest BCUT2D eigenvalue weighted by Crippen LogP contribution is -2.54. The average molecular weight is 550 g/mol. The maximum Gasteiger partial charge on any atom is 0.335 e. The molecule has 1 aliphatic rings. The molecule has 3 rings (SSSR count). The smallest absolute Gasteiger partial charge is 0.335 e. The number of carbonyl (C=O) groups is 3. The molecule has 1 N–H and O–H groups in total. The molecule has 9 heteroatoms. The van der Waals surface area contributed by atoms with Gasteiger partial charge in [-0.2, -0.15) is 0 Å². The number of nitrogens with one attached hydrogen (secondary N) is 1. The molecule has 1 heterocycles. The van der Waals surface area contributed by atoms with Crippen molar-refractivity contribution in [3.63, 3.8) is 0 Å². The number of carbonyl (C=O) groups excluding carboxylic acids is 3. The lowest BCUT2D eigenvalue weighted by atomic mass is 10.1. The van der Waals surface area contributed by atoms with Crippen LogP contribution in [0.3, 0.4) is 0 Å². The van der Waals surface area contributed by atoms with Crippen molar-refractivity contribution >= 4 is 52.2 Å². The van der Waals surface area contributed by atoms with Crippen LogP contribution in [0.1, 0.15) is 25.8 Å². The van der Waals surface area contributed by atoms with Gasteiger partial charge in [0, 0.05) is 0 Å². The van der Waals surface area contributed by atoms with Gasteiger partial charge in [-0.3, -0.25) is 14.9 Å². The fourth-order valence-electron chi connectivity index (χ4n) is 3.08. The third-order valence-electron chi connectivity index (χ3n) is 4.52. The van der Waals surface area contributed by atoms with Crippen molar-refractivity contribution in [2.75, 3.05) is 25.2 Å². The van der Waals surface area contributed by atoms with Gasteiger partial charge in [-0.05, 0) is 84.0 Å². The highest BCUT2D eigenvalue weighted by Gasteiger charge is 2.36. The van der Waals surface area contributed by atoms with Crippen molar-refractivity contribution in [1.82, 2.24) is 5.32 Å². The summed E-state index contributed by atoms with van der Waals surface area (Å²) in [4.78, 5) is 38.9. The third-order valence-corrected chi connectivity index (χ3v) is 5.32. The van der Waals surface area contributed by atoms with Gasteiger partial charge < -0.3 is 14.2 Å². The van der Waals surface area contributed by atoms with Gasteiger partial charge in [0.25, 0.3) is 11.8 Å². The Hall–Kier alpha value is -3.08. The van der Waals surface area contributed by atoms with Gasteiger partial charge >= 0.3 is 6.03 Å². The van der Waals surface area contributed by atoms with Gasteiger partial charge in [0.2, 0.25) is 0 Å². The summed E-state index contributed by atoms with van der Waals surface area (Å²) in [7, 11) is 1.51. The first-order valence-corrected chi connectivity index (χ1v) is 11.1. The van der Waals surface area contributed by atoms with E-state index in [9.17, 15) is 14.4 Å². The molecule has 2 aromatic carbocycles. The Morgan fingerprint density at radius 3 is 2.41 bits per heavy atom. The van der Waals surface area contributed by atoms with Crippen molar-refractivity contribution in [3.8, 4) is 17.2 Å². The van der Waals surface area contributed by atoms with E-state index in [0.29, 0.717) is 41.7 Å². The summed E-state index contributed by atoms with van der Waals surface area (Å²) in [5, 5.41) is 2.22. The van der Waals surface area contributed by atoms with E-state index in [1.165, 1.54) is 13.2 Å². The van der Waals surface area contributed by atoms with Crippen LogP contribution >= 0.6 is 22.6 Å². The first-order chi connectivity index (χ1) is 15.4. The first-order valence-electron chi connectivity index (χ1n) is 10.0. The Morgan fingerprint density at radius 2 is 1.78 bits per heavy atom. The highest BCUT2D eigenvalue weighted by atomic mass is 127. The van der Waals surface area contributed by atoms with Gasteiger partial charge in [-0.15, -0.1) is 0 Å². The van der Waals surface area contributed by atoms with E-state index in [4.69, 9.17) is 14.2 Å². The minimum absolute atomic E-state index is 0.169. The SMILES string of the molecule is CCCOc1ccc(N2C(=O)NC(=O)/C(=C/c3cc(I)c(OCC)c(OC)c3)C2=O)cc1. The normalized spacial score (nSPS) is 15.1. The molecule has 1 fully saturated rings. The molecule has 1 saturated heterocycles. The Balaban J connectivity index is 1.94. The highest BCUT2D eigenvalue weighted by molar-refractivity contribution is 14.1. The molecule has 2 aromatic rings. The number of amides is 4. The van der Waals surface area contributed by atoms with Crippen LogP contribution in [-0.2, 0) is 9.59 Å². The number of halogens is 1. The fourth-order valence-corrected chi connectivity index (χ4v) is 3.86. The second-order valence-electron chi connectivity index (χ2n) is 6.77. The Kier molecular flexibility index (Phi) is 7.73. The van der Waals surface area contributed by atoms with Crippen molar-refractivity contribution in [2.45, 2.75) is 20.3 Å². The molecule has 0 atom stereocenters. The number of rotatable bonds is 8. The summed E-state index contributed by atoms with van der Waals surface area (Å²) in [6.07, 6.45) is 2.29. The van der Waals surface area contributed by atoms with Crippen LogP contribution in [-0.4, -0.2) is 38.2 Å². The van der Waals surface area contributed by atoms with E-state index < -0.39 is 17.8 Å². The number of hydrogen-bond donors (Lipinski definition) is 1. The molecule has 8 nitrogen and oxygen atoms in total. The van der Waals surface area contributed by atoms with E-state index in [1.807, 2.05) is 13.8 Å². The Bertz CT molecular complexity index is 1060. The van der Waals surface area contributed by atoms with E-state index in [0.717, 1.165) is 14.9 Å². The van der Waals surface area contributed by atoms with Gasteiger partial charge in [0.1, 0.15) is 11.3 Å². The van der Waals surface area contributed by atoms with Crippen LogP contribution < -0.4 is 24.4 Å². The molecule has 0 aromatic heterocycles. The predicted octanol–water partition coefficient (Wildman–Crippen LogP) is 4.15. The highest BCUT2D eigenvalue weighted by Crippen LogP contribution is 2.35. The maximum absolute atomic E-state index is 13.1. The van der Waals surface area contributed by atoms with Crippen molar-refractivity contribution in [2.24, 2.45) is 0 Å². The summed E-state index contributed by atoms with van der Waals surface area (Å²) in [6.45, 7) is 4.89. The van der Waals surface area contributed by atoms with Crippen LogP contribution in [0.15, 0.2) is 42.0 Å². The monoisotopic (exact) mass is 550 g/mol. The van der Waals surface area contributed by atoms with Crippen LogP contribution in [0.5, 0.6) is 17.2 Å². The quantitative estimate of drug-likeness (QED) is 0.302. The largest absolute Gasteiger partial charge is 0.494 e. The number of ether oxygens (including phenoxy) is 3. The number of hydrogen-bond acceptors (Lipinski definition) is 6. The number of imide groups is 2. The van der Waals surface area contributed by atoms with Gasteiger partial charge in [0.15, 0.2) is 11.5 Å². The molecule has 0 spiro atoms. The van der Waals surface area contributed by atoms with E-state index in [2.05, 4.69) is 27.9 Å². The van der Waals surface area contributed by atoms with Crippen molar-refractivity contribution < 1.29 is 28.6 Å². The standard InChI is InChI=1S/C23H23IN2O6/c1-4-10-32-16-8-6-15(7-9-16)26-22(28)17(21(27)25-23(26)29)11-14-12-18(24)20(31-5-2)19(13-14)30-3/h6-9,11-13H,4-5,10H2,1-3H3,(H,25,27,29)/b17-11-. The molecule has 0 aliphatic carbocycles. The minimum atomic E-state index is -0.807. The Labute approximate surface area is 199 Å². The third kappa shape index (κ3) is 5.04. The zero-order valence-electron chi connectivity index (χ0n) is 17.9. The van der Waals surface area contributed by atoms with Gasteiger partial charge in [-0.1, -0.05) is 6.92 Å². The summed E-state index contributed by atoms with van der Waals surface area (Å²) < 4.78 is 17.3. The lowest BCUT2D eigenvalue weighted by Gasteiger charge is -2.26. The molecule has 0 unspecified atom stereocenters. The summed E-state index contributed by atoms with van der Waals surface area (Å²) >= 11 is 2.10. The average Bonchev–Trinajstić information content (AvgIpc) is 2.77. The van der Waals surface area contributed by atoms with Crippen LogP contribution in [0.25, 0.3) is 6.08 Å². The maximum atomic E-state index is 13.1. The summed E-state index contributed by atoms with van der Waals surface area (Å²) in [5.74, 6) is 0.207. The molecule has 4 amide bonds. The van der Waals surface area contributed by atoms with Crippen molar-refractivity contribution in [3.05, 3.63) is 51.1 Å². The minimum Gasteiger partial charge on any atom is -0.494 e. The number of anilines is 1. The zero-order chi connectivity index (χ0) is 23.3. The second kappa shape index (κ2) is 10.5. The summed E-state index contributed by atoms with van der Waals surface area (Å²) in [5.41, 5.74) is 0.720. The van der Waals surface area contributed by atoms with Crippen molar-refractivity contribution in [1.29, 1.82) is 0 Å². The van der Waals surface area contributed by atoms with Crippen LogP contribution in [0, 0.1) is 3.57 Å². The number of barbiturate groups is 1. The molecule has 0 saturated carbocycles. The number of nitrogens with zero attached hydrogens (tertiary/aromatic N) is 1. The predicted molar refractivity (Wildman–Crippen MR) is 128 cm³/mol. The number of urea groups is 1. The molecular formula is C23H23IN2O6. The molecule has 32 heavy (non-hydrogen) atoms. The van der Waals surface area contributed by atoms with Crippen LogP contribution in [0.2, 0.25) is 0 Å².